The van der Waals surface area contributed by atoms with Crippen LogP contribution in [-0.4, -0.2) is 5.78 Å². The Labute approximate surface area is 91.8 Å². The first-order valence-corrected chi connectivity index (χ1v) is 5.51. The largest absolute Gasteiger partial charge is 0.289 e. The topological polar surface area (TPSA) is 17.1 Å². The molecule has 0 atom stereocenters. The maximum absolute atomic E-state index is 11.7. The predicted octanol–water partition coefficient (Wildman–Crippen LogP) is 3.92. The lowest BCUT2D eigenvalue weighted by Crippen LogP contribution is -1.94. The minimum absolute atomic E-state index is 0.106. The van der Waals surface area contributed by atoms with E-state index in [-0.39, 0.29) is 5.78 Å². The molecule has 0 saturated carbocycles. The Kier molecular flexibility index (Phi) is 4.82. The highest BCUT2D eigenvalue weighted by Crippen LogP contribution is 2.06. The first-order chi connectivity index (χ1) is 7.24. The van der Waals surface area contributed by atoms with Gasteiger partial charge in [-0.15, -0.1) is 0 Å². The van der Waals surface area contributed by atoms with Crippen molar-refractivity contribution < 1.29 is 4.79 Å². The molecule has 0 spiro atoms. The van der Waals surface area contributed by atoms with Gasteiger partial charge in [0.15, 0.2) is 5.78 Å². The summed E-state index contributed by atoms with van der Waals surface area (Å²) in [5.41, 5.74) is 1.91. The van der Waals surface area contributed by atoms with E-state index in [1.807, 2.05) is 37.3 Å². The molecule has 0 radical (unpaired) electrons. The smallest absolute Gasteiger partial charge is 0.185 e. The van der Waals surface area contributed by atoms with Crippen LogP contribution in [0.15, 0.2) is 36.4 Å². The molecule has 1 aromatic rings. The van der Waals surface area contributed by atoms with E-state index in [0.29, 0.717) is 0 Å². The monoisotopic (exact) mass is 202 g/mol. The van der Waals surface area contributed by atoms with E-state index in [4.69, 9.17) is 0 Å². The van der Waals surface area contributed by atoms with E-state index in [1.165, 1.54) is 6.42 Å². The normalized spacial score (nSPS) is 10.8. The van der Waals surface area contributed by atoms with Crippen LogP contribution in [0.25, 0.3) is 0 Å². The van der Waals surface area contributed by atoms with Crippen molar-refractivity contribution in [2.75, 3.05) is 0 Å². The summed E-state index contributed by atoms with van der Waals surface area (Å²) in [5, 5.41) is 0. The van der Waals surface area contributed by atoms with Crippen LogP contribution in [0, 0.1) is 6.92 Å². The predicted molar refractivity (Wildman–Crippen MR) is 64.2 cm³/mol. The lowest BCUT2D eigenvalue weighted by molar-refractivity contribution is 0.104. The number of unbranched alkanes of at least 4 members (excludes halogenated alkanes) is 2. The second kappa shape index (κ2) is 6.18. The fourth-order valence-corrected chi connectivity index (χ4v) is 1.41. The molecule has 0 unspecified atom stereocenters. The van der Waals surface area contributed by atoms with Crippen molar-refractivity contribution in [2.24, 2.45) is 0 Å². The Morgan fingerprint density at radius 3 is 2.87 bits per heavy atom. The number of hydrogen-bond donors (Lipinski definition) is 0. The molecule has 0 heterocycles. The van der Waals surface area contributed by atoms with E-state index in [2.05, 4.69) is 6.92 Å². The molecule has 15 heavy (non-hydrogen) atoms. The highest BCUT2D eigenvalue weighted by molar-refractivity contribution is 6.04. The molecule has 0 aliphatic carbocycles. The first kappa shape index (κ1) is 11.7. The van der Waals surface area contributed by atoms with Crippen LogP contribution >= 0.6 is 0 Å². The molecule has 0 aliphatic heterocycles. The summed E-state index contributed by atoms with van der Waals surface area (Å²) in [4.78, 5) is 11.7. The number of hydrogen-bond acceptors (Lipinski definition) is 1. The Morgan fingerprint density at radius 1 is 1.40 bits per heavy atom. The van der Waals surface area contributed by atoms with Gasteiger partial charge in [-0.1, -0.05) is 49.6 Å². The zero-order chi connectivity index (χ0) is 11.1. The number of carbonyl (C=O) groups excluding carboxylic acids is 1. The van der Waals surface area contributed by atoms with Gasteiger partial charge < -0.3 is 0 Å². The third-order valence-corrected chi connectivity index (χ3v) is 2.30. The van der Waals surface area contributed by atoms with Gasteiger partial charge in [-0.25, -0.2) is 0 Å². The quantitative estimate of drug-likeness (QED) is 0.402. The van der Waals surface area contributed by atoms with Crippen LogP contribution < -0.4 is 0 Å². The van der Waals surface area contributed by atoms with Crippen molar-refractivity contribution in [3.63, 3.8) is 0 Å². The Balaban J connectivity index is 2.57. The minimum atomic E-state index is 0.106. The molecule has 1 aromatic carbocycles. The van der Waals surface area contributed by atoms with Gasteiger partial charge in [0.05, 0.1) is 0 Å². The Hall–Kier alpha value is -1.37. The number of aryl methyl sites for hydroxylation is 1. The van der Waals surface area contributed by atoms with Gasteiger partial charge in [0.2, 0.25) is 0 Å². The SMILES string of the molecule is CCCC/C=C/C(=O)c1cccc(C)c1. The van der Waals surface area contributed by atoms with E-state index in [0.717, 1.165) is 24.0 Å². The molecule has 1 nitrogen and oxygen atoms in total. The van der Waals surface area contributed by atoms with E-state index in [9.17, 15) is 4.79 Å². The van der Waals surface area contributed by atoms with E-state index in [1.54, 1.807) is 6.08 Å². The van der Waals surface area contributed by atoms with Gasteiger partial charge in [0.1, 0.15) is 0 Å². The average molecular weight is 202 g/mol. The molecule has 0 N–H and O–H groups in total. The molecular formula is C14H18O. The van der Waals surface area contributed by atoms with Gasteiger partial charge >= 0.3 is 0 Å². The lowest BCUT2D eigenvalue weighted by Gasteiger charge is -1.97. The molecule has 1 heteroatoms. The maximum Gasteiger partial charge on any atom is 0.185 e. The minimum Gasteiger partial charge on any atom is -0.289 e. The van der Waals surface area contributed by atoms with Crippen molar-refractivity contribution in [3.8, 4) is 0 Å². The fraction of sp³-hybridized carbons (Fsp3) is 0.357. The summed E-state index contributed by atoms with van der Waals surface area (Å²) in [6.07, 6.45) is 6.97. The summed E-state index contributed by atoms with van der Waals surface area (Å²) >= 11 is 0. The van der Waals surface area contributed by atoms with Gasteiger partial charge in [-0.3, -0.25) is 4.79 Å². The molecule has 80 valence electrons. The van der Waals surface area contributed by atoms with E-state index < -0.39 is 0 Å². The third kappa shape index (κ3) is 4.11. The maximum atomic E-state index is 11.7. The molecule has 0 saturated heterocycles. The summed E-state index contributed by atoms with van der Waals surface area (Å²) in [7, 11) is 0. The molecule has 0 amide bonds. The lowest BCUT2D eigenvalue weighted by atomic mass is 10.1. The molecule has 1 rings (SSSR count). The second-order valence-electron chi connectivity index (χ2n) is 3.78. The van der Waals surface area contributed by atoms with Crippen LogP contribution in [0.4, 0.5) is 0 Å². The zero-order valence-electron chi connectivity index (χ0n) is 9.49. The average Bonchev–Trinajstić information content (AvgIpc) is 2.24. The first-order valence-electron chi connectivity index (χ1n) is 5.51. The number of rotatable bonds is 5. The summed E-state index contributed by atoms with van der Waals surface area (Å²) < 4.78 is 0. The summed E-state index contributed by atoms with van der Waals surface area (Å²) in [6.45, 7) is 4.15. The van der Waals surface area contributed by atoms with Gasteiger partial charge in [0, 0.05) is 5.56 Å². The summed E-state index contributed by atoms with van der Waals surface area (Å²) in [6, 6.07) is 7.70. The van der Waals surface area contributed by atoms with E-state index >= 15 is 0 Å². The fourth-order valence-electron chi connectivity index (χ4n) is 1.41. The van der Waals surface area contributed by atoms with Crippen molar-refractivity contribution in [2.45, 2.75) is 33.1 Å². The van der Waals surface area contributed by atoms with Crippen LogP contribution in [0.1, 0.15) is 42.1 Å². The molecule has 0 fully saturated rings. The van der Waals surface area contributed by atoms with Crippen LogP contribution in [0.3, 0.4) is 0 Å². The number of benzene rings is 1. The molecular weight excluding hydrogens is 184 g/mol. The second-order valence-corrected chi connectivity index (χ2v) is 3.78. The molecule has 0 bridgehead atoms. The van der Waals surface area contributed by atoms with Crippen molar-refractivity contribution in [1.29, 1.82) is 0 Å². The number of carbonyl (C=O) groups is 1. The van der Waals surface area contributed by atoms with Crippen LogP contribution in [-0.2, 0) is 0 Å². The zero-order valence-corrected chi connectivity index (χ0v) is 9.49. The number of ketones is 1. The Morgan fingerprint density at radius 2 is 2.20 bits per heavy atom. The molecule has 0 aromatic heterocycles. The number of allylic oxidation sites excluding steroid dienone is 2. The van der Waals surface area contributed by atoms with Gasteiger partial charge in [-0.2, -0.15) is 0 Å². The summed E-state index contributed by atoms with van der Waals surface area (Å²) in [5.74, 6) is 0.106. The third-order valence-electron chi connectivity index (χ3n) is 2.30. The van der Waals surface area contributed by atoms with Gasteiger partial charge in [0.25, 0.3) is 0 Å². The van der Waals surface area contributed by atoms with Crippen LogP contribution in [0.5, 0.6) is 0 Å². The highest BCUT2D eigenvalue weighted by atomic mass is 16.1. The highest BCUT2D eigenvalue weighted by Gasteiger charge is 2.00. The van der Waals surface area contributed by atoms with Crippen molar-refractivity contribution in [1.82, 2.24) is 0 Å². The Bertz CT molecular complexity index is 350. The van der Waals surface area contributed by atoms with Crippen LogP contribution in [0.2, 0.25) is 0 Å². The molecule has 0 aliphatic rings. The standard InChI is InChI=1S/C14H18O/c1-3-4-5-6-10-14(15)13-9-7-8-12(2)11-13/h6-11H,3-5H2,1-2H3/b10-6+. The van der Waals surface area contributed by atoms with Crippen molar-refractivity contribution >= 4 is 5.78 Å². The van der Waals surface area contributed by atoms with Gasteiger partial charge in [-0.05, 0) is 25.5 Å². The van der Waals surface area contributed by atoms with Crippen molar-refractivity contribution in [3.05, 3.63) is 47.5 Å².